The fourth-order valence-corrected chi connectivity index (χ4v) is 4.30. The molecule has 7 heteroatoms. The van der Waals surface area contributed by atoms with Gasteiger partial charge in [0.15, 0.2) is 6.61 Å². The van der Waals surface area contributed by atoms with Gasteiger partial charge in [-0.1, -0.05) is 39.3 Å². The Bertz CT molecular complexity index is 840. The van der Waals surface area contributed by atoms with Gasteiger partial charge in [-0.25, -0.2) is 0 Å². The summed E-state index contributed by atoms with van der Waals surface area (Å²) in [5.74, 6) is -1.80. The summed E-state index contributed by atoms with van der Waals surface area (Å²) in [7, 11) is 0. The highest BCUT2D eigenvalue weighted by molar-refractivity contribution is 6.52. The fraction of sp³-hybridized carbons (Fsp3) is 0.565. The Labute approximate surface area is 177 Å². The zero-order valence-electron chi connectivity index (χ0n) is 17.9. The second kappa shape index (κ2) is 8.98. The third kappa shape index (κ3) is 4.71. The maximum Gasteiger partial charge on any atom is 0.326 e. The van der Waals surface area contributed by atoms with Crippen LogP contribution in [-0.2, 0) is 19.1 Å². The van der Waals surface area contributed by atoms with Gasteiger partial charge in [-0.15, -0.1) is 0 Å². The van der Waals surface area contributed by atoms with Gasteiger partial charge in [0, 0.05) is 6.04 Å². The van der Waals surface area contributed by atoms with Crippen LogP contribution in [0.3, 0.4) is 0 Å². The zero-order chi connectivity index (χ0) is 21.9. The van der Waals surface area contributed by atoms with Crippen LogP contribution in [0.25, 0.3) is 0 Å². The zero-order valence-corrected chi connectivity index (χ0v) is 17.9. The van der Waals surface area contributed by atoms with Crippen molar-refractivity contribution in [3.05, 3.63) is 29.8 Å². The molecule has 162 valence electrons. The number of carbonyl (C=O) groups is 4. The number of rotatable bonds is 7. The van der Waals surface area contributed by atoms with Gasteiger partial charge in [-0.2, -0.15) is 0 Å². The minimum Gasteiger partial charge on any atom is -0.454 e. The Morgan fingerprint density at radius 2 is 1.80 bits per heavy atom. The Balaban J connectivity index is 1.43. The predicted molar refractivity (Wildman–Crippen MR) is 112 cm³/mol. The van der Waals surface area contributed by atoms with E-state index >= 15 is 0 Å². The molecule has 1 fully saturated rings. The van der Waals surface area contributed by atoms with Crippen LogP contribution in [0.15, 0.2) is 24.3 Å². The first kappa shape index (κ1) is 22.0. The molecule has 7 nitrogen and oxygen atoms in total. The molecule has 0 radical (unpaired) electrons. The number of nitrogens with zero attached hydrogens (tertiary/aromatic N) is 1. The van der Waals surface area contributed by atoms with E-state index in [1.54, 1.807) is 24.3 Å². The third-order valence-electron chi connectivity index (χ3n) is 6.64. The van der Waals surface area contributed by atoms with Crippen molar-refractivity contribution in [3.8, 4) is 0 Å². The highest BCUT2D eigenvalue weighted by Crippen LogP contribution is 2.40. The van der Waals surface area contributed by atoms with Crippen LogP contribution < -0.4 is 10.2 Å². The van der Waals surface area contributed by atoms with Crippen LogP contribution in [0.1, 0.15) is 63.2 Å². The Morgan fingerprint density at radius 3 is 2.47 bits per heavy atom. The predicted octanol–water partition coefficient (Wildman–Crippen LogP) is 2.87. The van der Waals surface area contributed by atoms with Gasteiger partial charge in [0.05, 0.1) is 11.3 Å². The summed E-state index contributed by atoms with van der Waals surface area (Å²) in [6.07, 6.45) is 5.15. The largest absolute Gasteiger partial charge is 0.454 e. The molecule has 3 rings (SSSR count). The number of carbonyl (C=O) groups excluding carboxylic acids is 4. The van der Waals surface area contributed by atoms with Gasteiger partial charge >= 0.3 is 5.97 Å². The first-order valence-electron chi connectivity index (χ1n) is 10.6. The molecule has 1 saturated carbocycles. The maximum atomic E-state index is 12.2. The third-order valence-corrected chi connectivity index (χ3v) is 6.64. The number of nitrogens with one attached hydrogen (secondary N) is 1. The number of para-hydroxylation sites is 1. The van der Waals surface area contributed by atoms with Crippen molar-refractivity contribution < 1.29 is 23.9 Å². The molecule has 2 aliphatic rings. The first-order chi connectivity index (χ1) is 14.2. The molecule has 0 aromatic heterocycles. The highest BCUT2D eigenvalue weighted by atomic mass is 16.5. The lowest BCUT2D eigenvalue weighted by Gasteiger charge is -2.39. The molecule has 2 amide bonds. The molecule has 1 aromatic rings. The molecule has 30 heavy (non-hydrogen) atoms. The van der Waals surface area contributed by atoms with Gasteiger partial charge in [-0.3, -0.25) is 24.1 Å². The van der Waals surface area contributed by atoms with E-state index in [1.165, 1.54) is 0 Å². The van der Waals surface area contributed by atoms with E-state index in [2.05, 4.69) is 26.1 Å². The van der Waals surface area contributed by atoms with Crippen LogP contribution in [0, 0.1) is 11.3 Å². The molecule has 0 saturated heterocycles. The second-order valence-corrected chi connectivity index (χ2v) is 8.86. The number of hydrogen-bond donors (Lipinski definition) is 1. The van der Waals surface area contributed by atoms with Crippen molar-refractivity contribution in [2.45, 2.75) is 58.9 Å². The Kier molecular flexibility index (Phi) is 6.58. The number of fused-ring (bicyclic) bond motifs is 1. The quantitative estimate of drug-likeness (QED) is 0.547. The van der Waals surface area contributed by atoms with Crippen molar-refractivity contribution in [1.82, 2.24) is 5.32 Å². The minimum absolute atomic E-state index is 0.102. The molecule has 1 N–H and O–H groups in total. The van der Waals surface area contributed by atoms with Crippen molar-refractivity contribution in [2.24, 2.45) is 11.3 Å². The summed E-state index contributed by atoms with van der Waals surface area (Å²) in [5.41, 5.74) is 0.980. The molecular weight excluding hydrogens is 384 g/mol. The van der Waals surface area contributed by atoms with Gasteiger partial charge in [0.1, 0.15) is 6.54 Å². The summed E-state index contributed by atoms with van der Waals surface area (Å²) in [6.45, 7) is 6.02. The van der Waals surface area contributed by atoms with E-state index in [-0.39, 0.29) is 17.5 Å². The maximum absolute atomic E-state index is 12.2. The van der Waals surface area contributed by atoms with Crippen molar-refractivity contribution >= 4 is 29.3 Å². The molecular formula is C23H30N2O5. The van der Waals surface area contributed by atoms with Crippen molar-refractivity contribution in [3.63, 3.8) is 0 Å². The summed E-state index contributed by atoms with van der Waals surface area (Å²) < 4.78 is 5.04. The smallest absolute Gasteiger partial charge is 0.326 e. The molecule has 0 unspecified atom stereocenters. The van der Waals surface area contributed by atoms with Crippen LogP contribution in [-0.4, -0.2) is 42.8 Å². The number of Topliss-reactive ketones (excluding diaryl/α,β-unsaturated/α-hetero) is 1. The van der Waals surface area contributed by atoms with Crippen molar-refractivity contribution in [1.29, 1.82) is 0 Å². The average molecular weight is 415 g/mol. The summed E-state index contributed by atoms with van der Waals surface area (Å²) in [6, 6.07) is 6.60. The SMILES string of the molecule is CCC(C)(C)C1CCC(NC(=O)COC(=O)CN2C(=O)C(=O)c3ccccc32)CC1. The van der Waals surface area contributed by atoms with Crippen molar-refractivity contribution in [2.75, 3.05) is 18.1 Å². The minimum atomic E-state index is -0.760. The van der Waals surface area contributed by atoms with Gasteiger partial charge in [-0.05, 0) is 49.1 Å². The average Bonchev–Trinajstić information content (AvgIpc) is 2.98. The molecule has 1 aromatic carbocycles. The lowest BCUT2D eigenvalue weighted by molar-refractivity contribution is -0.147. The number of hydrogen-bond acceptors (Lipinski definition) is 5. The first-order valence-corrected chi connectivity index (χ1v) is 10.6. The topological polar surface area (TPSA) is 92.8 Å². The molecule has 0 atom stereocenters. The Hall–Kier alpha value is -2.70. The Morgan fingerprint density at radius 1 is 1.13 bits per heavy atom. The van der Waals surface area contributed by atoms with Crippen LogP contribution in [0.2, 0.25) is 0 Å². The van der Waals surface area contributed by atoms with E-state index in [4.69, 9.17) is 4.74 Å². The number of ketones is 1. The van der Waals surface area contributed by atoms with E-state index in [0.717, 1.165) is 37.0 Å². The fourth-order valence-electron chi connectivity index (χ4n) is 4.30. The van der Waals surface area contributed by atoms with Crippen LogP contribution >= 0.6 is 0 Å². The number of anilines is 1. The molecule has 0 bridgehead atoms. The number of esters is 1. The number of amides is 2. The van der Waals surface area contributed by atoms with Gasteiger partial charge in [0.2, 0.25) is 0 Å². The van der Waals surface area contributed by atoms with E-state index < -0.39 is 30.8 Å². The lowest BCUT2D eigenvalue weighted by Crippen LogP contribution is -2.42. The van der Waals surface area contributed by atoms with Crippen LogP contribution in [0.5, 0.6) is 0 Å². The molecule has 0 spiro atoms. The standard InChI is InChI=1S/C23H30N2O5/c1-4-23(2,3)15-9-11-16(12-10-15)24-19(26)14-30-20(27)13-25-18-8-6-5-7-17(18)21(28)22(25)29/h5-8,15-16H,4,9-14H2,1-3H3,(H,24,26). The normalized spacial score (nSPS) is 21.4. The number of benzene rings is 1. The second-order valence-electron chi connectivity index (χ2n) is 8.86. The highest BCUT2D eigenvalue weighted by Gasteiger charge is 2.37. The summed E-state index contributed by atoms with van der Waals surface area (Å²) in [4.78, 5) is 49.5. The molecule has 1 aliphatic carbocycles. The summed E-state index contributed by atoms with van der Waals surface area (Å²) in [5, 5.41) is 2.94. The molecule has 1 heterocycles. The van der Waals surface area contributed by atoms with E-state index in [0.29, 0.717) is 17.0 Å². The van der Waals surface area contributed by atoms with Crippen LogP contribution in [0.4, 0.5) is 5.69 Å². The lowest BCUT2D eigenvalue weighted by atomic mass is 9.69. The van der Waals surface area contributed by atoms with Gasteiger partial charge in [0.25, 0.3) is 17.6 Å². The number of ether oxygens (including phenoxy) is 1. The monoisotopic (exact) mass is 414 g/mol. The van der Waals surface area contributed by atoms with Gasteiger partial charge < -0.3 is 10.1 Å². The van der Waals surface area contributed by atoms with E-state index in [1.807, 2.05) is 0 Å². The van der Waals surface area contributed by atoms with E-state index in [9.17, 15) is 19.2 Å². The summed E-state index contributed by atoms with van der Waals surface area (Å²) >= 11 is 0. The molecule has 1 aliphatic heterocycles.